The predicted molar refractivity (Wildman–Crippen MR) is 57.3 cm³/mol. The predicted octanol–water partition coefficient (Wildman–Crippen LogP) is 2.56. The largest absolute Gasteiger partial charge is 0.508 e. The number of hydrogen-bond acceptors (Lipinski definition) is 2. The van der Waals surface area contributed by atoms with E-state index >= 15 is 0 Å². The summed E-state index contributed by atoms with van der Waals surface area (Å²) in [6, 6.07) is 5.08. The fourth-order valence-electron chi connectivity index (χ4n) is 2.04. The average molecular weight is 201 g/mol. The Morgan fingerprint density at radius 1 is 1.40 bits per heavy atom. The molecule has 0 aliphatic heterocycles. The van der Waals surface area contributed by atoms with Gasteiger partial charge in [-0.05, 0) is 37.0 Å². The second-order valence-corrected chi connectivity index (χ2v) is 4.07. The van der Waals surface area contributed by atoms with E-state index in [9.17, 15) is 9.90 Å². The molecule has 15 heavy (non-hydrogen) atoms. The number of phenolic OH excluding ortho intramolecular Hbond substituents is 1. The van der Waals surface area contributed by atoms with Crippen molar-refractivity contribution < 1.29 is 9.90 Å². The highest BCUT2D eigenvalue weighted by Gasteiger charge is 2.28. The molecule has 2 aromatic rings. The highest BCUT2D eigenvalue weighted by Crippen LogP contribution is 2.42. The maximum atomic E-state index is 11.0. The van der Waals surface area contributed by atoms with Gasteiger partial charge in [-0.3, -0.25) is 4.79 Å². The highest BCUT2D eigenvalue weighted by molar-refractivity contribution is 5.99. The smallest absolute Gasteiger partial charge is 0.152 e. The van der Waals surface area contributed by atoms with Gasteiger partial charge in [-0.15, -0.1) is 0 Å². The molecule has 0 bridgehead atoms. The molecule has 0 amide bonds. The summed E-state index contributed by atoms with van der Waals surface area (Å²) < 4.78 is 0. The molecular weight excluding hydrogens is 190 g/mol. The van der Waals surface area contributed by atoms with Crippen LogP contribution in [0.15, 0.2) is 18.2 Å². The average Bonchev–Trinajstić information content (AvgIpc) is 3.00. The standard InChI is InChI=1S/C12H11NO2/c14-6-10-9-5-8(15)3-4-11(9)13-12(10)7-1-2-7/h3-7,13,15H,1-2H2. The van der Waals surface area contributed by atoms with Gasteiger partial charge in [-0.25, -0.2) is 0 Å². The quantitative estimate of drug-likeness (QED) is 0.733. The number of phenols is 1. The van der Waals surface area contributed by atoms with Crippen LogP contribution in [0.25, 0.3) is 10.9 Å². The van der Waals surface area contributed by atoms with E-state index in [0.29, 0.717) is 11.5 Å². The fourth-order valence-corrected chi connectivity index (χ4v) is 2.04. The molecule has 0 saturated heterocycles. The van der Waals surface area contributed by atoms with Crippen molar-refractivity contribution in [3.8, 4) is 5.75 Å². The molecule has 2 N–H and O–H groups in total. The maximum absolute atomic E-state index is 11.0. The molecule has 1 aliphatic carbocycles. The Labute approximate surface area is 86.7 Å². The molecule has 0 spiro atoms. The summed E-state index contributed by atoms with van der Waals surface area (Å²) in [6.45, 7) is 0. The number of aromatic amines is 1. The second-order valence-electron chi connectivity index (χ2n) is 4.07. The first kappa shape index (κ1) is 8.53. The first-order valence-corrected chi connectivity index (χ1v) is 5.09. The van der Waals surface area contributed by atoms with E-state index in [1.807, 2.05) is 6.07 Å². The number of rotatable bonds is 2. The number of benzene rings is 1. The van der Waals surface area contributed by atoms with Crippen molar-refractivity contribution >= 4 is 17.2 Å². The molecule has 3 heteroatoms. The number of H-pyrrole nitrogens is 1. The number of carbonyl (C=O) groups is 1. The Kier molecular flexibility index (Phi) is 1.63. The summed E-state index contributed by atoms with van der Waals surface area (Å²) in [6.07, 6.45) is 3.19. The summed E-state index contributed by atoms with van der Waals surface area (Å²) in [4.78, 5) is 14.3. The number of aldehydes is 1. The van der Waals surface area contributed by atoms with E-state index in [1.165, 1.54) is 0 Å². The number of carbonyl (C=O) groups excluding carboxylic acids is 1. The number of fused-ring (bicyclic) bond motifs is 1. The molecule has 0 radical (unpaired) electrons. The van der Waals surface area contributed by atoms with Crippen molar-refractivity contribution in [2.75, 3.05) is 0 Å². The molecule has 1 heterocycles. The van der Waals surface area contributed by atoms with Crippen LogP contribution in [0.5, 0.6) is 5.75 Å². The Morgan fingerprint density at radius 2 is 2.20 bits per heavy atom. The number of aromatic hydroxyl groups is 1. The van der Waals surface area contributed by atoms with Gasteiger partial charge in [0.15, 0.2) is 6.29 Å². The van der Waals surface area contributed by atoms with E-state index in [-0.39, 0.29) is 5.75 Å². The lowest BCUT2D eigenvalue weighted by Gasteiger charge is -1.93. The van der Waals surface area contributed by atoms with Gasteiger partial charge in [0.1, 0.15) is 5.75 Å². The number of hydrogen-bond donors (Lipinski definition) is 2. The Balaban J connectivity index is 2.32. The SMILES string of the molecule is O=Cc1c(C2CC2)[nH]c2ccc(O)cc12. The van der Waals surface area contributed by atoms with Crippen molar-refractivity contribution in [3.63, 3.8) is 0 Å². The maximum Gasteiger partial charge on any atom is 0.152 e. The van der Waals surface area contributed by atoms with E-state index in [4.69, 9.17) is 0 Å². The Hall–Kier alpha value is -1.77. The molecular formula is C12H11NO2. The Morgan fingerprint density at radius 3 is 2.87 bits per heavy atom. The summed E-state index contributed by atoms with van der Waals surface area (Å²) in [7, 11) is 0. The van der Waals surface area contributed by atoms with Crippen LogP contribution in [0, 0.1) is 0 Å². The van der Waals surface area contributed by atoms with Crippen LogP contribution < -0.4 is 0 Å². The van der Waals surface area contributed by atoms with Gasteiger partial charge in [0.05, 0.1) is 0 Å². The fraction of sp³-hybridized carbons (Fsp3) is 0.250. The molecule has 1 aromatic carbocycles. The molecule has 1 fully saturated rings. The molecule has 0 atom stereocenters. The zero-order valence-electron chi connectivity index (χ0n) is 8.16. The van der Waals surface area contributed by atoms with Gasteiger partial charge in [-0.2, -0.15) is 0 Å². The summed E-state index contributed by atoms with van der Waals surface area (Å²) >= 11 is 0. The van der Waals surface area contributed by atoms with Crippen LogP contribution in [-0.4, -0.2) is 16.4 Å². The van der Waals surface area contributed by atoms with Gasteiger partial charge in [0, 0.05) is 22.2 Å². The molecule has 1 aromatic heterocycles. The highest BCUT2D eigenvalue weighted by atomic mass is 16.3. The first-order chi connectivity index (χ1) is 7.29. The van der Waals surface area contributed by atoms with Gasteiger partial charge < -0.3 is 10.1 Å². The summed E-state index contributed by atoms with van der Waals surface area (Å²) in [5.41, 5.74) is 2.67. The van der Waals surface area contributed by atoms with E-state index in [2.05, 4.69) is 4.98 Å². The van der Waals surface area contributed by atoms with Gasteiger partial charge in [0.25, 0.3) is 0 Å². The van der Waals surface area contributed by atoms with Crippen molar-refractivity contribution in [2.24, 2.45) is 0 Å². The van der Waals surface area contributed by atoms with Crippen molar-refractivity contribution in [3.05, 3.63) is 29.5 Å². The van der Waals surface area contributed by atoms with Gasteiger partial charge in [0.2, 0.25) is 0 Å². The number of aromatic nitrogens is 1. The van der Waals surface area contributed by atoms with Crippen molar-refractivity contribution in [1.29, 1.82) is 0 Å². The second kappa shape index (κ2) is 2.86. The lowest BCUT2D eigenvalue weighted by molar-refractivity contribution is 0.112. The zero-order valence-corrected chi connectivity index (χ0v) is 8.16. The van der Waals surface area contributed by atoms with Gasteiger partial charge in [-0.1, -0.05) is 0 Å². The molecule has 3 nitrogen and oxygen atoms in total. The van der Waals surface area contributed by atoms with Crippen LogP contribution in [0.2, 0.25) is 0 Å². The first-order valence-electron chi connectivity index (χ1n) is 5.09. The topological polar surface area (TPSA) is 53.1 Å². The minimum Gasteiger partial charge on any atom is -0.508 e. The van der Waals surface area contributed by atoms with Crippen LogP contribution in [0.3, 0.4) is 0 Å². The minimum absolute atomic E-state index is 0.201. The molecule has 1 saturated carbocycles. The third kappa shape index (κ3) is 1.23. The van der Waals surface area contributed by atoms with Crippen LogP contribution in [0.4, 0.5) is 0 Å². The molecule has 3 rings (SSSR count). The van der Waals surface area contributed by atoms with Crippen molar-refractivity contribution in [2.45, 2.75) is 18.8 Å². The van der Waals surface area contributed by atoms with E-state index < -0.39 is 0 Å². The zero-order chi connectivity index (χ0) is 10.4. The van der Waals surface area contributed by atoms with Gasteiger partial charge >= 0.3 is 0 Å². The molecule has 0 unspecified atom stereocenters. The van der Waals surface area contributed by atoms with Crippen molar-refractivity contribution in [1.82, 2.24) is 4.98 Å². The minimum atomic E-state index is 0.201. The summed E-state index contributed by atoms with van der Waals surface area (Å²) in [5.74, 6) is 0.715. The normalized spacial score (nSPS) is 15.7. The molecule has 1 aliphatic rings. The Bertz CT molecular complexity index is 538. The third-order valence-corrected chi connectivity index (χ3v) is 2.96. The monoisotopic (exact) mass is 201 g/mol. The lowest BCUT2D eigenvalue weighted by atomic mass is 10.1. The molecule has 76 valence electrons. The van der Waals surface area contributed by atoms with E-state index in [0.717, 1.165) is 35.7 Å². The third-order valence-electron chi connectivity index (χ3n) is 2.96. The van der Waals surface area contributed by atoms with Crippen LogP contribution >= 0.6 is 0 Å². The van der Waals surface area contributed by atoms with Crippen LogP contribution in [-0.2, 0) is 0 Å². The summed E-state index contributed by atoms with van der Waals surface area (Å²) in [5, 5.41) is 10.2. The van der Waals surface area contributed by atoms with E-state index in [1.54, 1.807) is 12.1 Å². The lowest BCUT2D eigenvalue weighted by Crippen LogP contribution is -1.85. The number of nitrogens with one attached hydrogen (secondary N) is 1. The van der Waals surface area contributed by atoms with Crippen LogP contribution in [0.1, 0.15) is 34.8 Å².